The Morgan fingerprint density at radius 2 is 2.13 bits per heavy atom. The fourth-order valence-electron chi connectivity index (χ4n) is 1.03. The molecule has 0 N–H and O–H groups in total. The van der Waals surface area contributed by atoms with Crippen LogP contribution in [0.2, 0.25) is 0 Å². The first kappa shape index (κ1) is 12.0. The van der Waals surface area contributed by atoms with Crippen molar-refractivity contribution in [2.75, 3.05) is 0 Å². The molecular formula is C12H16O2S. The van der Waals surface area contributed by atoms with Gasteiger partial charge in [-0.1, -0.05) is 0 Å². The van der Waals surface area contributed by atoms with Crippen molar-refractivity contribution in [3.63, 3.8) is 0 Å². The van der Waals surface area contributed by atoms with E-state index in [4.69, 9.17) is 4.74 Å². The average Bonchev–Trinajstić information content (AvgIpc) is 2.44. The van der Waals surface area contributed by atoms with E-state index in [1.807, 2.05) is 39.1 Å². The molecule has 1 heterocycles. The SMILES string of the molecule is Cc1ccsc1/C=C/C(=O)OC(C)(C)C. The van der Waals surface area contributed by atoms with E-state index in [-0.39, 0.29) is 5.97 Å². The average molecular weight is 224 g/mol. The normalized spacial score (nSPS) is 12.0. The summed E-state index contributed by atoms with van der Waals surface area (Å²) >= 11 is 1.61. The van der Waals surface area contributed by atoms with Gasteiger partial charge in [-0.3, -0.25) is 0 Å². The summed E-state index contributed by atoms with van der Waals surface area (Å²) in [5.41, 5.74) is 0.756. The maximum absolute atomic E-state index is 11.4. The molecule has 0 unspecified atom stereocenters. The highest BCUT2D eigenvalue weighted by Gasteiger charge is 2.13. The van der Waals surface area contributed by atoms with Crippen LogP contribution in [0.4, 0.5) is 0 Å². The van der Waals surface area contributed by atoms with Crippen molar-refractivity contribution in [2.24, 2.45) is 0 Å². The van der Waals surface area contributed by atoms with E-state index in [2.05, 4.69) is 0 Å². The zero-order chi connectivity index (χ0) is 11.5. The fourth-order valence-corrected chi connectivity index (χ4v) is 1.85. The minimum absolute atomic E-state index is 0.296. The molecule has 0 saturated carbocycles. The molecule has 15 heavy (non-hydrogen) atoms. The van der Waals surface area contributed by atoms with E-state index in [0.717, 1.165) is 4.88 Å². The second-order valence-electron chi connectivity index (χ2n) is 4.33. The van der Waals surface area contributed by atoms with Crippen LogP contribution in [-0.4, -0.2) is 11.6 Å². The van der Waals surface area contributed by atoms with Gasteiger partial charge in [0.15, 0.2) is 0 Å². The summed E-state index contributed by atoms with van der Waals surface area (Å²) in [6.07, 6.45) is 3.28. The van der Waals surface area contributed by atoms with Crippen LogP contribution in [0.3, 0.4) is 0 Å². The Morgan fingerprint density at radius 1 is 1.47 bits per heavy atom. The molecule has 82 valence electrons. The molecule has 2 nitrogen and oxygen atoms in total. The third-order valence-corrected chi connectivity index (χ3v) is 2.66. The van der Waals surface area contributed by atoms with Gasteiger partial charge in [-0.25, -0.2) is 4.79 Å². The van der Waals surface area contributed by atoms with Crippen LogP contribution in [0.25, 0.3) is 6.08 Å². The van der Waals surface area contributed by atoms with Gasteiger partial charge >= 0.3 is 5.97 Å². The Morgan fingerprint density at radius 3 is 2.60 bits per heavy atom. The standard InChI is InChI=1S/C12H16O2S/c1-9-7-8-15-10(9)5-6-11(13)14-12(2,3)4/h5-8H,1-4H3/b6-5+. The highest BCUT2D eigenvalue weighted by Crippen LogP contribution is 2.17. The molecule has 0 spiro atoms. The summed E-state index contributed by atoms with van der Waals surface area (Å²) in [4.78, 5) is 12.5. The van der Waals surface area contributed by atoms with Crippen molar-refractivity contribution < 1.29 is 9.53 Å². The summed E-state index contributed by atoms with van der Waals surface area (Å²) in [5.74, 6) is -0.296. The van der Waals surface area contributed by atoms with Crippen molar-refractivity contribution >= 4 is 23.4 Å². The fraction of sp³-hybridized carbons (Fsp3) is 0.417. The third-order valence-electron chi connectivity index (χ3n) is 1.68. The Hall–Kier alpha value is -1.09. The highest BCUT2D eigenvalue weighted by molar-refractivity contribution is 7.11. The van der Waals surface area contributed by atoms with Crippen LogP contribution < -0.4 is 0 Å². The lowest BCUT2D eigenvalue weighted by Gasteiger charge is -2.17. The molecule has 1 aromatic rings. The number of carbonyl (C=O) groups excluding carboxylic acids is 1. The largest absolute Gasteiger partial charge is 0.457 e. The number of hydrogen-bond donors (Lipinski definition) is 0. The zero-order valence-corrected chi connectivity index (χ0v) is 10.4. The summed E-state index contributed by atoms with van der Waals surface area (Å²) in [6.45, 7) is 7.59. The molecule has 0 saturated heterocycles. The lowest BCUT2D eigenvalue weighted by molar-refractivity contribution is -0.148. The van der Waals surface area contributed by atoms with Gasteiger partial charge in [0.05, 0.1) is 0 Å². The predicted octanol–water partition coefficient (Wildman–Crippen LogP) is 3.41. The topological polar surface area (TPSA) is 26.3 Å². The molecule has 0 aliphatic rings. The lowest BCUT2D eigenvalue weighted by Crippen LogP contribution is -2.22. The second kappa shape index (κ2) is 4.62. The lowest BCUT2D eigenvalue weighted by atomic mass is 10.2. The van der Waals surface area contributed by atoms with E-state index >= 15 is 0 Å². The first-order valence-electron chi connectivity index (χ1n) is 4.83. The summed E-state index contributed by atoms with van der Waals surface area (Å²) < 4.78 is 5.15. The van der Waals surface area contributed by atoms with Gasteiger partial charge in [0, 0.05) is 11.0 Å². The molecule has 1 rings (SSSR count). The number of thiophene rings is 1. The molecule has 0 aliphatic carbocycles. The molecule has 0 bridgehead atoms. The maximum atomic E-state index is 11.4. The Balaban J connectivity index is 2.59. The van der Waals surface area contributed by atoms with Crippen LogP contribution >= 0.6 is 11.3 Å². The van der Waals surface area contributed by atoms with Crippen molar-refractivity contribution in [3.05, 3.63) is 28.0 Å². The van der Waals surface area contributed by atoms with Crippen LogP contribution in [0.15, 0.2) is 17.5 Å². The molecule has 0 fully saturated rings. The van der Waals surface area contributed by atoms with Gasteiger partial charge in [-0.15, -0.1) is 11.3 Å². The van der Waals surface area contributed by atoms with Gasteiger partial charge in [0.25, 0.3) is 0 Å². The minimum atomic E-state index is -0.425. The Kier molecular flexibility index (Phi) is 3.69. The Labute approximate surface area is 94.6 Å². The number of ether oxygens (including phenoxy) is 1. The van der Waals surface area contributed by atoms with Crippen LogP contribution in [-0.2, 0) is 9.53 Å². The Bertz CT molecular complexity index is 369. The van der Waals surface area contributed by atoms with Crippen LogP contribution in [0.5, 0.6) is 0 Å². The smallest absolute Gasteiger partial charge is 0.331 e. The van der Waals surface area contributed by atoms with Gasteiger partial charge in [-0.2, -0.15) is 0 Å². The van der Waals surface area contributed by atoms with Gasteiger partial charge in [-0.05, 0) is 50.8 Å². The van der Waals surface area contributed by atoms with Gasteiger partial charge < -0.3 is 4.74 Å². The van der Waals surface area contributed by atoms with Crippen molar-refractivity contribution in [1.82, 2.24) is 0 Å². The van der Waals surface area contributed by atoms with Crippen LogP contribution in [0, 0.1) is 6.92 Å². The van der Waals surface area contributed by atoms with Gasteiger partial charge in [0.1, 0.15) is 5.60 Å². The number of hydrogen-bond acceptors (Lipinski definition) is 3. The van der Waals surface area contributed by atoms with Crippen LogP contribution in [0.1, 0.15) is 31.2 Å². The molecule has 0 aliphatic heterocycles. The summed E-state index contributed by atoms with van der Waals surface area (Å²) in [5, 5.41) is 2.00. The molecule has 0 radical (unpaired) electrons. The summed E-state index contributed by atoms with van der Waals surface area (Å²) in [6, 6.07) is 2.03. The maximum Gasteiger partial charge on any atom is 0.331 e. The highest BCUT2D eigenvalue weighted by atomic mass is 32.1. The van der Waals surface area contributed by atoms with Crippen molar-refractivity contribution in [1.29, 1.82) is 0 Å². The first-order chi connectivity index (χ1) is 6.88. The van der Waals surface area contributed by atoms with E-state index in [9.17, 15) is 4.79 Å². The summed E-state index contributed by atoms with van der Waals surface area (Å²) in [7, 11) is 0. The molecular weight excluding hydrogens is 208 g/mol. The zero-order valence-electron chi connectivity index (χ0n) is 9.53. The van der Waals surface area contributed by atoms with Crippen molar-refractivity contribution in [2.45, 2.75) is 33.3 Å². The third kappa shape index (κ3) is 4.30. The number of carbonyl (C=O) groups is 1. The molecule has 0 atom stereocenters. The number of rotatable bonds is 2. The minimum Gasteiger partial charge on any atom is -0.457 e. The van der Waals surface area contributed by atoms with E-state index in [1.54, 1.807) is 17.4 Å². The monoisotopic (exact) mass is 224 g/mol. The number of esters is 1. The molecule has 0 aromatic carbocycles. The van der Waals surface area contributed by atoms with E-state index in [1.165, 1.54) is 11.6 Å². The van der Waals surface area contributed by atoms with E-state index < -0.39 is 5.60 Å². The molecule has 3 heteroatoms. The first-order valence-corrected chi connectivity index (χ1v) is 5.71. The molecule has 1 aromatic heterocycles. The predicted molar refractivity (Wildman–Crippen MR) is 63.9 cm³/mol. The van der Waals surface area contributed by atoms with Gasteiger partial charge in [0.2, 0.25) is 0 Å². The second-order valence-corrected chi connectivity index (χ2v) is 5.28. The quantitative estimate of drug-likeness (QED) is 0.568. The number of aryl methyl sites for hydroxylation is 1. The van der Waals surface area contributed by atoms with Crippen molar-refractivity contribution in [3.8, 4) is 0 Å². The van der Waals surface area contributed by atoms with E-state index in [0.29, 0.717) is 0 Å². The molecule has 0 amide bonds.